The van der Waals surface area contributed by atoms with E-state index in [-0.39, 0.29) is 12.6 Å². The monoisotopic (exact) mass is 335 g/mol. The largest absolute Gasteiger partial charge is 0.493 e. The number of hydrogen-bond donors (Lipinski definition) is 2. The molecule has 2 aromatic carbocycles. The zero-order chi connectivity index (χ0) is 17.5. The van der Waals surface area contributed by atoms with Gasteiger partial charge in [0.2, 0.25) is 0 Å². The van der Waals surface area contributed by atoms with Crippen LogP contribution in [0.25, 0.3) is 0 Å². The van der Waals surface area contributed by atoms with Gasteiger partial charge in [-0.1, -0.05) is 42.3 Å². The first-order chi connectivity index (χ1) is 12.3. The molecule has 0 radical (unpaired) electrons. The third kappa shape index (κ3) is 4.24. The molecule has 0 aromatic heterocycles. The van der Waals surface area contributed by atoms with Crippen molar-refractivity contribution >= 4 is 5.96 Å². The van der Waals surface area contributed by atoms with Crippen molar-refractivity contribution in [2.24, 2.45) is 10.7 Å². The number of benzene rings is 2. The molecule has 1 aliphatic heterocycles. The Balaban J connectivity index is 1.67. The third-order valence-corrected chi connectivity index (χ3v) is 3.98. The molecule has 128 valence electrons. The van der Waals surface area contributed by atoms with Gasteiger partial charge in [-0.2, -0.15) is 0 Å². The Kier molecular flexibility index (Phi) is 5.43. The molecule has 5 heteroatoms. The smallest absolute Gasteiger partial charge is 0.189 e. The molecule has 0 amide bonds. The molecule has 3 N–H and O–H groups in total. The zero-order valence-corrected chi connectivity index (χ0v) is 13.9. The van der Waals surface area contributed by atoms with Crippen molar-refractivity contribution in [3.8, 4) is 23.8 Å². The molecule has 1 atom stereocenters. The molecule has 0 saturated heterocycles. The number of guanidine groups is 1. The second kappa shape index (κ2) is 8.11. The summed E-state index contributed by atoms with van der Waals surface area (Å²) in [5.41, 5.74) is 8.13. The minimum atomic E-state index is 0.0987. The fraction of sp³-hybridized carbons (Fsp3) is 0.250. The molecule has 0 spiro atoms. The highest BCUT2D eigenvalue weighted by Gasteiger charge is 2.21. The van der Waals surface area contributed by atoms with Crippen molar-refractivity contribution in [2.75, 3.05) is 13.2 Å². The van der Waals surface area contributed by atoms with Crippen LogP contribution in [-0.2, 0) is 6.54 Å². The second-order valence-corrected chi connectivity index (χ2v) is 5.67. The summed E-state index contributed by atoms with van der Waals surface area (Å²) >= 11 is 0. The number of para-hydroxylation sites is 2. The van der Waals surface area contributed by atoms with Gasteiger partial charge >= 0.3 is 0 Å². The quantitative estimate of drug-likeness (QED) is 0.501. The molecule has 3 rings (SSSR count). The first kappa shape index (κ1) is 16.7. The van der Waals surface area contributed by atoms with E-state index in [0.717, 1.165) is 29.0 Å². The van der Waals surface area contributed by atoms with Gasteiger partial charge in [0.15, 0.2) is 5.96 Å². The summed E-state index contributed by atoms with van der Waals surface area (Å²) in [4.78, 5) is 4.44. The number of terminal acetylenes is 1. The van der Waals surface area contributed by atoms with Crippen LogP contribution in [0.3, 0.4) is 0 Å². The van der Waals surface area contributed by atoms with Gasteiger partial charge < -0.3 is 20.5 Å². The van der Waals surface area contributed by atoms with E-state index >= 15 is 0 Å². The molecular formula is C20H21N3O2. The third-order valence-electron chi connectivity index (χ3n) is 3.98. The lowest BCUT2D eigenvalue weighted by molar-refractivity contribution is 0.262. The number of rotatable bonds is 5. The topological polar surface area (TPSA) is 68.9 Å². The normalized spacial score (nSPS) is 16.3. The molecule has 1 heterocycles. The van der Waals surface area contributed by atoms with Gasteiger partial charge in [-0.15, -0.1) is 6.42 Å². The highest BCUT2D eigenvalue weighted by molar-refractivity contribution is 5.78. The van der Waals surface area contributed by atoms with Gasteiger partial charge in [-0.3, -0.25) is 0 Å². The van der Waals surface area contributed by atoms with E-state index < -0.39 is 0 Å². The number of fused-ring (bicyclic) bond motifs is 1. The molecule has 1 unspecified atom stereocenters. The highest BCUT2D eigenvalue weighted by atomic mass is 16.5. The predicted octanol–water partition coefficient (Wildman–Crippen LogP) is 2.63. The van der Waals surface area contributed by atoms with Crippen LogP contribution >= 0.6 is 0 Å². The SMILES string of the molecule is C#CCOc1ccccc1CN=C(N)NC1CCOc2ccccc21. The Morgan fingerprint density at radius 3 is 2.96 bits per heavy atom. The van der Waals surface area contributed by atoms with Crippen molar-refractivity contribution in [1.82, 2.24) is 5.32 Å². The van der Waals surface area contributed by atoms with E-state index in [1.807, 2.05) is 48.5 Å². The minimum Gasteiger partial charge on any atom is -0.493 e. The Labute approximate surface area is 147 Å². The molecular weight excluding hydrogens is 314 g/mol. The van der Waals surface area contributed by atoms with E-state index in [9.17, 15) is 0 Å². The number of aliphatic imine (C=N–C) groups is 1. The summed E-state index contributed by atoms with van der Waals surface area (Å²) in [7, 11) is 0. The van der Waals surface area contributed by atoms with Gasteiger partial charge in [0.25, 0.3) is 0 Å². The Bertz CT molecular complexity index is 796. The maximum Gasteiger partial charge on any atom is 0.189 e. The molecule has 5 nitrogen and oxygen atoms in total. The van der Waals surface area contributed by atoms with Crippen LogP contribution < -0.4 is 20.5 Å². The Morgan fingerprint density at radius 2 is 2.08 bits per heavy atom. The number of ether oxygens (including phenoxy) is 2. The van der Waals surface area contributed by atoms with Crippen LogP contribution in [0.2, 0.25) is 0 Å². The van der Waals surface area contributed by atoms with Crippen LogP contribution in [0.1, 0.15) is 23.6 Å². The van der Waals surface area contributed by atoms with Crippen LogP contribution in [0.15, 0.2) is 53.5 Å². The summed E-state index contributed by atoms with van der Waals surface area (Å²) in [5.74, 6) is 4.49. The molecule has 0 saturated carbocycles. The zero-order valence-electron chi connectivity index (χ0n) is 13.9. The summed E-state index contributed by atoms with van der Waals surface area (Å²) in [5, 5.41) is 3.28. The van der Waals surface area contributed by atoms with Crippen LogP contribution in [0, 0.1) is 12.3 Å². The average Bonchev–Trinajstić information content (AvgIpc) is 2.65. The molecule has 0 bridgehead atoms. The summed E-state index contributed by atoms with van der Waals surface area (Å²) in [6, 6.07) is 15.7. The molecule has 0 aliphatic carbocycles. The van der Waals surface area contributed by atoms with Crippen molar-refractivity contribution in [3.05, 3.63) is 59.7 Å². The maximum atomic E-state index is 6.08. The number of hydrogen-bond acceptors (Lipinski definition) is 3. The lowest BCUT2D eigenvalue weighted by Gasteiger charge is -2.26. The second-order valence-electron chi connectivity index (χ2n) is 5.67. The predicted molar refractivity (Wildman–Crippen MR) is 98.5 cm³/mol. The van der Waals surface area contributed by atoms with Crippen LogP contribution in [0.5, 0.6) is 11.5 Å². The summed E-state index contributed by atoms with van der Waals surface area (Å²) in [6.45, 7) is 1.31. The summed E-state index contributed by atoms with van der Waals surface area (Å²) in [6.07, 6.45) is 6.09. The van der Waals surface area contributed by atoms with Crippen molar-refractivity contribution in [3.63, 3.8) is 0 Å². The minimum absolute atomic E-state index is 0.0987. The van der Waals surface area contributed by atoms with Gasteiger partial charge in [0.05, 0.1) is 19.2 Å². The van der Waals surface area contributed by atoms with E-state index in [1.165, 1.54) is 0 Å². The van der Waals surface area contributed by atoms with Crippen molar-refractivity contribution in [2.45, 2.75) is 19.0 Å². The van der Waals surface area contributed by atoms with E-state index in [1.54, 1.807) is 0 Å². The summed E-state index contributed by atoms with van der Waals surface area (Å²) < 4.78 is 11.2. The Morgan fingerprint density at radius 1 is 1.28 bits per heavy atom. The van der Waals surface area contributed by atoms with Gasteiger partial charge in [-0.25, -0.2) is 4.99 Å². The van der Waals surface area contributed by atoms with Crippen molar-refractivity contribution < 1.29 is 9.47 Å². The van der Waals surface area contributed by atoms with Crippen LogP contribution in [0.4, 0.5) is 0 Å². The standard InChI is InChI=1S/C20H21N3O2/c1-2-12-24-18-9-5-3-7-15(18)14-22-20(21)23-17-11-13-25-19-10-6-4-8-16(17)19/h1,3-10,17H,11-14H2,(H3,21,22,23). The highest BCUT2D eigenvalue weighted by Crippen LogP contribution is 2.31. The average molecular weight is 335 g/mol. The van der Waals surface area contributed by atoms with Crippen molar-refractivity contribution in [1.29, 1.82) is 0 Å². The van der Waals surface area contributed by atoms with E-state index in [0.29, 0.717) is 19.1 Å². The number of nitrogens with zero attached hydrogens (tertiary/aromatic N) is 1. The Hall–Kier alpha value is -3.13. The first-order valence-corrected chi connectivity index (χ1v) is 8.20. The van der Waals surface area contributed by atoms with E-state index in [4.69, 9.17) is 21.6 Å². The molecule has 25 heavy (non-hydrogen) atoms. The fourth-order valence-electron chi connectivity index (χ4n) is 2.78. The maximum absolute atomic E-state index is 6.08. The van der Waals surface area contributed by atoms with Gasteiger partial charge in [-0.05, 0) is 12.1 Å². The lowest BCUT2D eigenvalue weighted by Crippen LogP contribution is -2.37. The van der Waals surface area contributed by atoms with Crippen LogP contribution in [-0.4, -0.2) is 19.2 Å². The number of nitrogens with two attached hydrogens (primary N) is 1. The lowest BCUT2D eigenvalue weighted by atomic mass is 10.0. The van der Waals surface area contributed by atoms with E-state index in [2.05, 4.69) is 16.2 Å². The number of nitrogens with one attached hydrogen (secondary N) is 1. The molecule has 1 aliphatic rings. The van der Waals surface area contributed by atoms with Gasteiger partial charge in [0.1, 0.15) is 18.1 Å². The molecule has 0 fully saturated rings. The molecule has 2 aromatic rings. The first-order valence-electron chi connectivity index (χ1n) is 8.20. The van der Waals surface area contributed by atoms with Gasteiger partial charge in [0, 0.05) is 17.5 Å². The fourth-order valence-corrected chi connectivity index (χ4v) is 2.78.